The molecule has 118 valence electrons. The maximum atomic E-state index is 11.4. The van der Waals surface area contributed by atoms with Crippen molar-refractivity contribution in [3.05, 3.63) is 24.0 Å². The van der Waals surface area contributed by atoms with E-state index in [1.54, 1.807) is 0 Å². The number of esters is 2. The van der Waals surface area contributed by atoms with Gasteiger partial charge in [0.05, 0.1) is 0 Å². The zero-order chi connectivity index (χ0) is 16.3. The van der Waals surface area contributed by atoms with Gasteiger partial charge in [-0.05, 0) is 0 Å². The molecule has 2 unspecified atom stereocenters. The number of ether oxygens (including phenoxy) is 6. The summed E-state index contributed by atoms with van der Waals surface area (Å²) in [4.78, 5) is 44.2. The molecule has 0 aromatic carbocycles. The topological polar surface area (TPSA) is 176 Å². The molecule has 0 aromatic rings. The van der Waals surface area contributed by atoms with Crippen molar-refractivity contribution in [2.45, 2.75) is 13.0 Å². The van der Waals surface area contributed by atoms with Crippen LogP contribution < -0.4 is 11.5 Å². The van der Waals surface area contributed by atoms with Gasteiger partial charge in [0, 0.05) is 0 Å². The molecule has 2 aliphatic rings. The average molecular weight is 316 g/mol. The van der Waals surface area contributed by atoms with Gasteiger partial charge in [-0.2, -0.15) is 0 Å². The molecular formula is C10H8N2O10. The maximum absolute atomic E-state index is 11.4. The minimum atomic E-state index is -1.67. The summed E-state index contributed by atoms with van der Waals surface area (Å²) in [6, 6.07) is 0. The highest BCUT2D eigenvalue weighted by molar-refractivity contribution is 6.29. The number of carbonyl (C=O) groups is 4. The summed E-state index contributed by atoms with van der Waals surface area (Å²) < 4.78 is 27.3. The lowest BCUT2D eigenvalue weighted by Gasteiger charge is -2.13. The first kappa shape index (κ1) is 15.0. The summed E-state index contributed by atoms with van der Waals surface area (Å²) in [5.41, 5.74) is 9.75. The quantitative estimate of drug-likeness (QED) is 0.412. The van der Waals surface area contributed by atoms with Crippen LogP contribution >= 0.6 is 0 Å². The molecule has 0 bridgehead atoms. The van der Waals surface area contributed by atoms with Crippen molar-refractivity contribution in [2.75, 3.05) is 0 Å². The molecule has 2 heterocycles. The van der Waals surface area contributed by atoms with E-state index in [4.69, 9.17) is 11.5 Å². The summed E-state index contributed by atoms with van der Waals surface area (Å²) in [7, 11) is 0. The molecule has 2 atom stereocenters. The smallest absolute Gasteiger partial charge is 0.423 e. The van der Waals surface area contributed by atoms with Crippen LogP contribution in [0, 0.1) is 0 Å². The van der Waals surface area contributed by atoms with Crippen LogP contribution in [0.1, 0.15) is 0 Å². The first-order valence-corrected chi connectivity index (χ1v) is 5.42. The highest BCUT2D eigenvalue weighted by atomic mass is 16.9. The molecule has 0 saturated heterocycles. The van der Waals surface area contributed by atoms with Crippen LogP contribution in [0.3, 0.4) is 0 Å². The summed E-state index contributed by atoms with van der Waals surface area (Å²) >= 11 is 0. The number of primary amides is 2. The first-order chi connectivity index (χ1) is 10.4. The Balaban J connectivity index is 1.76. The van der Waals surface area contributed by atoms with Crippen molar-refractivity contribution >= 4 is 23.8 Å². The maximum Gasteiger partial charge on any atom is 0.423 e. The first-order valence-electron chi connectivity index (χ1n) is 5.42. The van der Waals surface area contributed by atoms with Crippen molar-refractivity contribution < 1.29 is 47.6 Å². The fraction of sp³-hybridized carbons (Fsp3) is 0.200. The molecule has 0 radical (unpaired) electrons. The summed E-state index contributed by atoms with van der Waals surface area (Å²) in [5, 5.41) is 0. The third kappa shape index (κ3) is 3.36. The predicted octanol–water partition coefficient (Wildman–Crippen LogP) is -2.61. The second-order valence-corrected chi connectivity index (χ2v) is 3.59. The van der Waals surface area contributed by atoms with Gasteiger partial charge in [-0.25, -0.2) is 9.59 Å². The third-order valence-corrected chi connectivity index (χ3v) is 2.08. The van der Waals surface area contributed by atoms with Crippen molar-refractivity contribution in [3.63, 3.8) is 0 Å². The van der Waals surface area contributed by atoms with Crippen molar-refractivity contribution in [1.29, 1.82) is 0 Å². The molecule has 0 saturated carbocycles. The molecule has 0 aliphatic carbocycles. The van der Waals surface area contributed by atoms with Crippen molar-refractivity contribution in [3.8, 4) is 0 Å². The summed E-state index contributed by atoms with van der Waals surface area (Å²) in [6.07, 6.45) is 1.61. The Hall–Kier alpha value is -3.44. The van der Waals surface area contributed by atoms with E-state index in [-0.39, 0.29) is 0 Å². The Labute approximate surface area is 121 Å². The number of carbonyl (C=O) groups excluding carboxylic acids is 4. The molecule has 12 heteroatoms. The Morgan fingerprint density at radius 2 is 1.18 bits per heavy atom. The standard InChI is InChI=1S/C10H8N2O10/c11-5(13)3-1-17-9(19-3)21-7(15)8(16)22-10-18-2-4(20-10)6(12)14/h1-2,9-10H,(H2,11,13)(H2,12,14). The lowest BCUT2D eigenvalue weighted by Crippen LogP contribution is -2.31. The van der Waals surface area contributed by atoms with Crippen LogP contribution in [-0.4, -0.2) is 36.7 Å². The van der Waals surface area contributed by atoms with Gasteiger partial charge in [0.25, 0.3) is 11.8 Å². The highest BCUT2D eigenvalue weighted by Crippen LogP contribution is 2.17. The minimum absolute atomic E-state index is 0.399. The molecule has 0 spiro atoms. The second kappa shape index (κ2) is 5.90. The Morgan fingerprint density at radius 1 is 0.818 bits per heavy atom. The second-order valence-electron chi connectivity index (χ2n) is 3.59. The zero-order valence-electron chi connectivity index (χ0n) is 10.5. The van der Waals surface area contributed by atoms with Crippen LogP contribution in [0.25, 0.3) is 0 Å². The van der Waals surface area contributed by atoms with Gasteiger partial charge in [-0.3, -0.25) is 9.59 Å². The van der Waals surface area contributed by atoms with Crippen LogP contribution in [-0.2, 0) is 47.6 Å². The molecule has 22 heavy (non-hydrogen) atoms. The lowest BCUT2D eigenvalue weighted by atomic mass is 10.5. The van der Waals surface area contributed by atoms with Crippen molar-refractivity contribution in [2.24, 2.45) is 11.5 Å². The van der Waals surface area contributed by atoms with Crippen LogP contribution in [0.5, 0.6) is 0 Å². The van der Waals surface area contributed by atoms with E-state index in [0.29, 0.717) is 0 Å². The van der Waals surface area contributed by atoms with E-state index in [1.165, 1.54) is 0 Å². The predicted molar refractivity (Wildman–Crippen MR) is 58.7 cm³/mol. The summed E-state index contributed by atoms with van der Waals surface area (Å²) in [6.45, 7) is -3.35. The molecule has 2 amide bonds. The van der Waals surface area contributed by atoms with E-state index in [1.807, 2.05) is 0 Å². The van der Waals surface area contributed by atoms with Gasteiger partial charge in [0.2, 0.25) is 11.5 Å². The number of rotatable bonds is 4. The van der Waals surface area contributed by atoms with Gasteiger partial charge in [0.1, 0.15) is 12.5 Å². The Kier molecular flexibility index (Phi) is 4.01. The van der Waals surface area contributed by atoms with Crippen molar-refractivity contribution in [1.82, 2.24) is 0 Å². The SMILES string of the molecule is NC(=O)C1=COC(OC(=O)C(=O)OC2OC=C(C(N)=O)O2)O1. The highest BCUT2D eigenvalue weighted by Gasteiger charge is 2.34. The normalized spacial score (nSPS) is 22.0. The number of hydrogen-bond acceptors (Lipinski definition) is 10. The fourth-order valence-electron chi connectivity index (χ4n) is 1.16. The number of nitrogens with two attached hydrogens (primary N) is 2. The Bertz CT molecular complexity index is 543. The summed E-state index contributed by atoms with van der Waals surface area (Å²) in [5.74, 6) is -5.79. The molecule has 0 aromatic heterocycles. The van der Waals surface area contributed by atoms with Gasteiger partial charge in [-0.15, -0.1) is 0 Å². The van der Waals surface area contributed by atoms with E-state index in [2.05, 4.69) is 28.4 Å². The van der Waals surface area contributed by atoms with Crippen LogP contribution in [0.2, 0.25) is 0 Å². The molecule has 2 rings (SSSR count). The average Bonchev–Trinajstić information content (AvgIpc) is 3.07. The van der Waals surface area contributed by atoms with Gasteiger partial charge in [0.15, 0.2) is 0 Å². The number of amides is 2. The van der Waals surface area contributed by atoms with E-state index >= 15 is 0 Å². The molecule has 4 N–H and O–H groups in total. The van der Waals surface area contributed by atoms with E-state index < -0.39 is 48.2 Å². The zero-order valence-corrected chi connectivity index (χ0v) is 10.5. The van der Waals surface area contributed by atoms with Crippen LogP contribution in [0.4, 0.5) is 0 Å². The van der Waals surface area contributed by atoms with Crippen LogP contribution in [0.15, 0.2) is 24.0 Å². The monoisotopic (exact) mass is 316 g/mol. The molecular weight excluding hydrogens is 308 g/mol. The van der Waals surface area contributed by atoms with E-state index in [0.717, 1.165) is 12.5 Å². The van der Waals surface area contributed by atoms with E-state index in [9.17, 15) is 19.2 Å². The molecule has 2 aliphatic heterocycles. The van der Waals surface area contributed by atoms with Gasteiger partial charge >= 0.3 is 24.9 Å². The van der Waals surface area contributed by atoms with Gasteiger partial charge in [-0.1, -0.05) is 0 Å². The number of hydrogen-bond donors (Lipinski definition) is 2. The Morgan fingerprint density at radius 3 is 1.45 bits per heavy atom. The molecule has 0 fully saturated rings. The van der Waals surface area contributed by atoms with Gasteiger partial charge < -0.3 is 39.9 Å². The fourth-order valence-corrected chi connectivity index (χ4v) is 1.16. The lowest BCUT2D eigenvalue weighted by molar-refractivity contribution is -0.243. The minimum Gasteiger partial charge on any atom is -0.427 e. The molecule has 12 nitrogen and oxygen atoms in total. The largest absolute Gasteiger partial charge is 0.427 e. The third-order valence-electron chi connectivity index (χ3n) is 2.08.